The Bertz CT molecular complexity index is 758. The Hall–Kier alpha value is -1.91. The van der Waals surface area contributed by atoms with Gasteiger partial charge < -0.3 is 9.84 Å². The maximum atomic E-state index is 9.10. The van der Waals surface area contributed by atoms with Crippen LogP contribution in [-0.4, -0.2) is 10.1 Å². The smallest absolute Gasteiger partial charge is 0.142 e. The fourth-order valence-corrected chi connectivity index (χ4v) is 2.60. The first kappa shape index (κ1) is 13.1. The minimum absolute atomic E-state index is 0.101. The summed E-state index contributed by atoms with van der Waals surface area (Å²) in [6, 6.07) is 15.5. The Kier molecular flexibility index (Phi) is 3.67. The third-order valence-corrected chi connectivity index (χ3v) is 3.82. The zero-order valence-electron chi connectivity index (χ0n) is 10.6. The normalized spacial score (nSPS) is 10.7. The van der Waals surface area contributed by atoms with Gasteiger partial charge in [0.2, 0.25) is 0 Å². The zero-order chi connectivity index (χ0) is 13.9. The van der Waals surface area contributed by atoms with E-state index in [0.717, 1.165) is 21.0 Å². The average molecular weight is 330 g/mol. The highest BCUT2D eigenvalue weighted by atomic mass is 79.9. The molecule has 0 atom stereocenters. The van der Waals surface area contributed by atoms with Gasteiger partial charge in [-0.1, -0.05) is 30.3 Å². The van der Waals surface area contributed by atoms with Gasteiger partial charge in [-0.05, 0) is 38.8 Å². The van der Waals surface area contributed by atoms with E-state index in [0.29, 0.717) is 11.4 Å². The molecule has 0 saturated carbocycles. The molecule has 3 aromatic rings. The molecule has 0 bridgehead atoms. The molecule has 3 nitrogen and oxygen atoms in total. The first-order valence-electron chi connectivity index (χ1n) is 6.19. The monoisotopic (exact) mass is 329 g/mol. The summed E-state index contributed by atoms with van der Waals surface area (Å²) in [4.78, 5) is 4.03. The van der Waals surface area contributed by atoms with Gasteiger partial charge in [-0.25, -0.2) is 0 Å². The predicted octanol–water partition coefficient (Wildman–Crippen LogP) is 4.28. The third kappa shape index (κ3) is 2.53. The highest BCUT2D eigenvalue weighted by molar-refractivity contribution is 9.10. The Morgan fingerprint density at radius 2 is 1.95 bits per heavy atom. The predicted molar refractivity (Wildman–Crippen MR) is 81.9 cm³/mol. The van der Waals surface area contributed by atoms with E-state index < -0.39 is 0 Å². The molecule has 0 aliphatic rings. The van der Waals surface area contributed by atoms with Crippen LogP contribution in [0.5, 0.6) is 11.5 Å². The number of pyridine rings is 1. The summed E-state index contributed by atoms with van der Waals surface area (Å²) in [5, 5.41) is 11.3. The molecule has 1 aromatic heterocycles. The van der Waals surface area contributed by atoms with Crippen LogP contribution in [0.1, 0.15) is 5.69 Å². The molecule has 0 spiro atoms. The number of halogens is 1. The number of hydrogen-bond acceptors (Lipinski definition) is 3. The first-order valence-corrected chi connectivity index (χ1v) is 6.98. The Morgan fingerprint density at radius 1 is 1.10 bits per heavy atom. The van der Waals surface area contributed by atoms with Gasteiger partial charge in [0.15, 0.2) is 0 Å². The van der Waals surface area contributed by atoms with Gasteiger partial charge in [0.1, 0.15) is 11.5 Å². The lowest BCUT2D eigenvalue weighted by Gasteiger charge is -2.10. The fourth-order valence-electron chi connectivity index (χ4n) is 2.03. The van der Waals surface area contributed by atoms with E-state index >= 15 is 0 Å². The number of aliphatic hydroxyl groups excluding tert-OH is 1. The standard InChI is InChI=1S/C16H12BrNO2/c17-16-14-4-2-1-3-11(14)5-6-15(16)20-13-7-8-18-12(9-13)10-19/h1-9,19H,10H2. The molecule has 0 unspecified atom stereocenters. The fraction of sp³-hybridized carbons (Fsp3) is 0.0625. The largest absolute Gasteiger partial charge is 0.456 e. The molecule has 0 fully saturated rings. The van der Waals surface area contributed by atoms with Crippen LogP contribution in [0.25, 0.3) is 10.8 Å². The minimum atomic E-state index is -0.101. The Morgan fingerprint density at radius 3 is 2.80 bits per heavy atom. The number of fused-ring (bicyclic) bond motifs is 1. The lowest BCUT2D eigenvalue weighted by Crippen LogP contribution is -1.91. The summed E-state index contributed by atoms with van der Waals surface area (Å²) in [5.74, 6) is 1.39. The van der Waals surface area contributed by atoms with Crippen molar-refractivity contribution in [2.24, 2.45) is 0 Å². The average Bonchev–Trinajstić information content (AvgIpc) is 2.50. The van der Waals surface area contributed by atoms with Gasteiger partial charge in [-0.2, -0.15) is 0 Å². The second-order valence-electron chi connectivity index (χ2n) is 4.34. The molecular formula is C16H12BrNO2. The molecule has 0 amide bonds. The maximum absolute atomic E-state index is 9.10. The van der Waals surface area contributed by atoms with Crippen LogP contribution in [0.3, 0.4) is 0 Å². The second-order valence-corrected chi connectivity index (χ2v) is 5.13. The molecule has 4 heteroatoms. The molecule has 0 radical (unpaired) electrons. The number of aromatic nitrogens is 1. The van der Waals surface area contributed by atoms with Crippen LogP contribution in [0.15, 0.2) is 59.2 Å². The van der Waals surface area contributed by atoms with Crippen LogP contribution in [-0.2, 0) is 6.61 Å². The maximum Gasteiger partial charge on any atom is 0.142 e. The van der Waals surface area contributed by atoms with Crippen molar-refractivity contribution in [3.63, 3.8) is 0 Å². The van der Waals surface area contributed by atoms with Crippen LogP contribution in [0, 0.1) is 0 Å². The molecule has 3 rings (SSSR count). The molecule has 0 saturated heterocycles. The summed E-state index contributed by atoms with van der Waals surface area (Å²) in [6.07, 6.45) is 1.62. The Labute approximate surface area is 125 Å². The van der Waals surface area contributed by atoms with E-state index in [4.69, 9.17) is 9.84 Å². The second kappa shape index (κ2) is 5.61. The van der Waals surface area contributed by atoms with E-state index in [2.05, 4.69) is 27.0 Å². The van der Waals surface area contributed by atoms with Crippen LogP contribution < -0.4 is 4.74 Å². The van der Waals surface area contributed by atoms with Gasteiger partial charge in [-0.3, -0.25) is 4.98 Å². The lowest BCUT2D eigenvalue weighted by atomic mass is 10.1. The summed E-state index contributed by atoms with van der Waals surface area (Å²) in [6.45, 7) is -0.101. The van der Waals surface area contributed by atoms with Gasteiger partial charge in [0, 0.05) is 12.3 Å². The molecular weight excluding hydrogens is 318 g/mol. The summed E-state index contributed by atoms with van der Waals surface area (Å²) in [7, 11) is 0. The molecule has 1 N–H and O–H groups in total. The zero-order valence-corrected chi connectivity index (χ0v) is 12.2. The van der Waals surface area contributed by atoms with Crippen molar-refractivity contribution < 1.29 is 9.84 Å². The summed E-state index contributed by atoms with van der Waals surface area (Å²) >= 11 is 3.58. The van der Waals surface area contributed by atoms with Crippen LogP contribution in [0.2, 0.25) is 0 Å². The Balaban J connectivity index is 2.00. The number of nitrogens with zero attached hydrogens (tertiary/aromatic N) is 1. The highest BCUT2D eigenvalue weighted by Gasteiger charge is 2.07. The summed E-state index contributed by atoms with van der Waals surface area (Å²) in [5.41, 5.74) is 0.583. The lowest BCUT2D eigenvalue weighted by molar-refractivity contribution is 0.276. The van der Waals surface area contributed by atoms with Crippen molar-refractivity contribution in [1.82, 2.24) is 4.98 Å². The van der Waals surface area contributed by atoms with Crippen molar-refractivity contribution in [3.8, 4) is 11.5 Å². The number of ether oxygens (including phenoxy) is 1. The van der Waals surface area contributed by atoms with Crippen molar-refractivity contribution in [1.29, 1.82) is 0 Å². The molecule has 0 aliphatic carbocycles. The summed E-state index contributed by atoms with van der Waals surface area (Å²) < 4.78 is 6.78. The van der Waals surface area contributed by atoms with Crippen molar-refractivity contribution >= 4 is 26.7 Å². The van der Waals surface area contributed by atoms with E-state index in [-0.39, 0.29) is 6.61 Å². The van der Waals surface area contributed by atoms with Gasteiger partial charge in [0.25, 0.3) is 0 Å². The van der Waals surface area contributed by atoms with Crippen molar-refractivity contribution in [2.45, 2.75) is 6.61 Å². The van der Waals surface area contributed by atoms with E-state index in [9.17, 15) is 0 Å². The van der Waals surface area contributed by atoms with Crippen molar-refractivity contribution in [3.05, 3.63) is 64.9 Å². The quantitative estimate of drug-likeness (QED) is 0.779. The van der Waals surface area contributed by atoms with Crippen LogP contribution >= 0.6 is 15.9 Å². The molecule has 0 aliphatic heterocycles. The van der Waals surface area contributed by atoms with E-state index in [1.54, 1.807) is 18.3 Å². The number of rotatable bonds is 3. The molecule has 2 aromatic carbocycles. The molecule has 20 heavy (non-hydrogen) atoms. The van der Waals surface area contributed by atoms with Gasteiger partial charge >= 0.3 is 0 Å². The van der Waals surface area contributed by atoms with Gasteiger partial charge in [-0.15, -0.1) is 0 Å². The number of hydrogen-bond donors (Lipinski definition) is 1. The first-order chi connectivity index (χ1) is 9.78. The molecule has 1 heterocycles. The van der Waals surface area contributed by atoms with E-state index in [1.807, 2.05) is 30.3 Å². The highest BCUT2D eigenvalue weighted by Crippen LogP contribution is 2.35. The minimum Gasteiger partial charge on any atom is -0.456 e. The topological polar surface area (TPSA) is 42.4 Å². The third-order valence-electron chi connectivity index (χ3n) is 3.01. The SMILES string of the molecule is OCc1cc(Oc2ccc3ccccc3c2Br)ccn1. The number of benzene rings is 2. The van der Waals surface area contributed by atoms with Crippen LogP contribution in [0.4, 0.5) is 0 Å². The number of aliphatic hydroxyl groups is 1. The van der Waals surface area contributed by atoms with Crippen molar-refractivity contribution in [2.75, 3.05) is 0 Å². The van der Waals surface area contributed by atoms with E-state index in [1.165, 1.54) is 0 Å². The van der Waals surface area contributed by atoms with Gasteiger partial charge in [0.05, 0.1) is 16.8 Å². The molecule has 100 valence electrons.